The Balaban J connectivity index is 1.56. The van der Waals surface area contributed by atoms with Gasteiger partial charge in [0.15, 0.2) is 0 Å². The first kappa shape index (κ1) is 18.2. The van der Waals surface area contributed by atoms with Crippen LogP contribution in [-0.2, 0) is 0 Å². The van der Waals surface area contributed by atoms with Crippen LogP contribution < -0.4 is 9.64 Å². The molecule has 4 rings (SSSR count). The van der Waals surface area contributed by atoms with E-state index in [2.05, 4.69) is 20.9 Å². The van der Waals surface area contributed by atoms with E-state index >= 15 is 0 Å². The van der Waals surface area contributed by atoms with Gasteiger partial charge in [-0.25, -0.2) is 9.97 Å². The summed E-state index contributed by atoms with van der Waals surface area (Å²) < 4.78 is 5.64. The van der Waals surface area contributed by atoms with E-state index in [1.165, 1.54) is 0 Å². The fourth-order valence-corrected chi connectivity index (χ4v) is 4.20. The smallest absolute Gasteiger partial charge is 0.257 e. The highest BCUT2D eigenvalue weighted by Crippen LogP contribution is 2.33. The van der Waals surface area contributed by atoms with Crippen LogP contribution in [0.4, 0.5) is 5.95 Å². The number of ether oxygens (including phenoxy) is 1. The molecule has 144 valence electrons. The maximum Gasteiger partial charge on any atom is 0.257 e. The number of fused-ring (bicyclic) bond motifs is 2. The number of anilines is 1. The van der Waals surface area contributed by atoms with Crippen molar-refractivity contribution in [2.75, 3.05) is 31.1 Å². The average molecular weight is 377 g/mol. The molecule has 2 fully saturated rings. The number of hydrogen-bond acceptors (Lipinski definition) is 6. The topological polar surface area (TPSA) is 82.4 Å². The highest BCUT2D eigenvalue weighted by atomic mass is 16.5. The quantitative estimate of drug-likeness (QED) is 0.814. The van der Waals surface area contributed by atoms with Crippen molar-refractivity contribution in [3.8, 4) is 11.8 Å². The Bertz CT molecular complexity index is 939. The zero-order valence-electron chi connectivity index (χ0n) is 16.1. The lowest BCUT2D eigenvalue weighted by Crippen LogP contribution is -2.45. The zero-order chi connectivity index (χ0) is 19.7. The molecule has 2 bridgehead atoms. The lowest BCUT2D eigenvalue weighted by molar-refractivity contribution is 0.0690. The normalized spacial score (nSPS) is 20.8. The molecule has 7 heteroatoms. The third-order valence-electron chi connectivity index (χ3n) is 5.33. The molecule has 2 aliphatic rings. The number of likely N-dealkylation sites (tertiary alicyclic amines) is 1. The summed E-state index contributed by atoms with van der Waals surface area (Å²) in [4.78, 5) is 26.2. The predicted octanol–water partition coefficient (Wildman–Crippen LogP) is 2.41. The van der Waals surface area contributed by atoms with Crippen molar-refractivity contribution in [2.24, 2.45) is 5.92 Å². The molecule has 0 radical (unpaired) electrons. The number of amides is 1. The third-order valence-corrected chi connectivity index (χ3v) is 5.33. The first-order valence-corrected chi connectivity index (χ1v) is 9.62. The highest BCUT2D eigenvalue weighted by molar-refractivity contribution is 5.97. The van der Waals surface area contributed by atoms with Gasteiger partial charge in [-0.15, -0.1) is 0 Å². The molecule has 28 heavy (non-hydrogen) atoms. The van der Waals surface area contributed by atoms with Crippen LogP contribution in [0.1, 0.15) is 35.1 Å². The number of benzene rings is 1. The van der Waals surface area contributed by atoms with Crippen LogP contribution in [0.3, 0.4) is 0 Å². The molecule has 2 saturated heterocycles. The van der Waals surface area contributed by atoms with Crippen LogP contribution in [0, 0.1) is 24.2 Å². The Morgan fingerprint density at radius 2 is 2.11 bits per heavy atom. The van der Waals surface area contributed by atoms with Gasteiger partial charge in [-0.3, -0.25) is 4.79 Å². The Kier molecular flexibility index (Phi) is 4.86. The van der Waals surface area contributed by atoms with E-state index in [0.29, 0.717) is 48.6 Å². The second kappa shape index (κ2) is 7.47. The van der Waals surface area contributed by atoms with Crippen LogP contribution >= 0.6 is 0 Å². The third kappa shape index (κ3) is 3.38. The lowest BCUT2D eigenvalue weighted by atomic mass is 9.99. The fraction of sp³-hybridized carbons (Fsp3) is 0.429. The van der Waals surface area contributed by atoms with Gasteiger partial charge < -0.3 is 14.5 Å². The number of para-hydroxylation sites is 1. The molecule has 2 aliphatic heterocycles. The summed E-state index contributed by atoms with van der Waals surface area (Å²) in [6, 6.07) is 11.4. The first-order chi connectivity index (χ1) is 13.6. The largest absolute Gasteiger partial charge is 0.493 e. The second-order valence-electron chi connectivity index (χ2n) is 7.35. The summed E-state index contributed by atoms with van der Waals surface area (Å²) >= 11 is 0. The van der Waals surface area contributed by atoms with E-state index in [1.54, 1.807) is 6.07 Å². The molecule has 2 atom stereocenters. The number of carbonyl (C=O) groups is 1. The maximum atomic E-state index is 13.2. The van der Waals surface area contributed by atoms with Gasteiger partial charge in [-0.2, -0.15) is 5.26 Å². The summed E-state index contributed by atoms with van der Waals surface area (Å²) in [5.41, 5.74) is 1.76. The van der Waals surface area contributed by atoms with Crippen molar-refractivity contribution in [2.45, 2.75) is 26.3 Å². The number of aromatic nitrogens is 2. The number of carbonyl (C=O) groups excluding carboxylic acids is 1. The molecule has 0 saturated carbocycles. The van der Waals surface area contributed by atoms with Gasteiger partial charge in [-0.05, 0) is 44.4 Å². The summed E-state index contributed by atoms with van der Waals surface area (Å²) in [7, 11) is 0. The van der Waals surface area contributed by atoms with Crippen molar-refractivity contribution < 1.29 is 9.53 Å². The Hall–Kier alpha value is -3.14. The lowest BCUT2D eigenvalue weighted by Gasteiger charge is -2.33. The Morgan fingerprint density at radius 3 is 2.89 bits per heavy atom. The van der Waals surface area contributed by atoms with Gasteiger partial charge >= 0.3 is 0 Å². The molecule has 0 N–H and O–H groups in total. The highest BCUT2D eigenvalue weighted by Gasteiger charge is 2.41. The number of aryl methyl sites for hydroxylation is 1. The standard InChI is InChI=1S/C21H23N5O2/c1-3-28-19-7-5-4-6-18(19)20(27)25-11-15-9-17(13-25)26(12-15)21-23-14(2)8-16(10-22)24-21/h4-8,15,17H,3,9,11-13H2,1-2H3. The van der Waals surface area contributed by atoms with E-state index in [9.17, 15) is 10.1 Å². The molecule has 1 aromatic carbocycles. The van der Waals surface area contributed by atoms with Crippen LogP contribution in [0.25, 0.3) is 0 Å². The van der Waals surface area contributed by atoms with Crippen molar-refractivity contribution in [1.82, 2.24) is 14.9 Å². The molecule has 2 unspecified atom stereocenters. The number of nitrogens with zero attached hydrogens (tertiary/aromatic N) is 5. The summed E-state index contributed by atoms with van der Waals surface area (Å²) in [6.07, 6.45) is 1.01. The van der Waals surface area contributed by atoms with Crippen LogP contribution in [-0.4, -0.2) is 53.1 Å². The summed E-state index contributed by atoms with van der Waals surface area (Å²) in [6.45, 7) is 6.44. The monoisotopic (exact) mass is 377 g/mol. The molecule has 7 nitrogen and oxygen atoms in total. The van der Waals surface area contributed by atoms with Gasteiger partial charge in [0, 0.05) is 31.4 Å². The SMILES string of the molecule is CCOc1ccccc1C(=O)N1CC2CC(C1)N(c1nc(C)cc(C#N)n1)C2. The Labute approximate surface area is 164 Å². The van der Waals surface area contributed by atoms with Crippen molar-refractivity contribution in [1.29, 1.82) is 5.26 Å². The van der Waals surface area contributed by atoms with Crippen LogP contribution in [0.5, 0.6) is 5.75 Å². The van der Waals surface area contributed by atoms with Crippen LogP contribution in [0.2, 0.25) is 0 Å². The van der Waals surface area contributed by atoms with Gasteiger partial charge in [0.25, 0.3) is 5.91 Å². The number of nitriles is 1. The number of piperidine rings is 1. The van der Waals surface area contributed by atoms with Crippen LogP contribution in [0.15, 0.2) is 30.3 Å². The first-order valence-electron chi connectivity index (χ1n) is 9.62. The zero-order valence-corrected chi connectivity index (χ0v) is 16.1. The molecule has 2 aromatic rings. The predicted molar refractivity (Wildman–Crippen MR) is 104 cm³/mol. The summed E-state index contributed by atoms with van der Waals surface area (Å²) in [5.74, 6) is 1.60. The van der Waals surface area contributed by atoms with Gasteiger partial charge in [0.1, 0.15) is 17.5 Å². The number of rotatable bonds is 4. The minimum absolute atomic E-state index is 0.00322. The van der Waals surface area contributed by atoms with E-state index in [-0.39, 0.29) is 11.9 Å². The van der Waals surface area contributed by atoms with Gasteiger partial charge in [0.2, 0.25) is 5.95 Å². The molecule has 0 spiro atoms. The van der Waals surface area contributed by atoms with E-state index in [1.807, 2.05) is 43.0 Å². The molecule has 0 aliphatic carbocycles. The van der Waals surface area contributed by atoms with Crippen molar-refractivity contribution >= 4 is 11.9 Å². The maximum absolute atomic E-state index is 13.2. The van der Waals surface area contributed by atoms with Crippen molar-refractivity contribution in [3.05, 3.63) is 47.3 Å². The molecule has 1 aromatic heterocycles. The fourth-order valence-electron chi connectivity index (χ4n) is 4.20. The summed E-state index contributed by atoms with van der Waals surface area (Å²) in [5, 5.41) is 9.20. The molecule has 3 heterocycles. The van der Waals surface area contributed by atoms with E-state index in [0.717, 1.165) is 18.7 Å². The van der Waals surface area contributed by atoms with Crippen molar-refractivity contribution in [3.63, 3.8) is 0 Å². The second-order valence-corrected chi connectivity index (χ2v) is 7.35. The molecular formula is C21H23N5O2. The minimum Gasteiger partial charge on any atom is -0.493 e. The van der Waals surface area contributed by atoms with E-state index < -0.39 is 0 Å². The molecule has 1 amide bonds. The Morgan fingerprint density at radius 1 is 1.29 bits per heavy atom. The van der Waals surface area contributed by atoms with Gasteiger partial charge in [-0.1, -0.05) is 12.1 Å². The average Bonchev–Trinajstić information content (AvgIpc) is 3.01. The number of hydrogen-bond donors (Lipinski definition) is 0. The van der Waals surface area contributed by atoms with Gasteiger partial charge in [0.05, 0.1) is 12.2 Å². The molecular weight excluding hydrogens is 354 g/mol. The minimum atomic E-state index is 0.00322. The van der Waals surface area contributed by atoms with E-state index in [4.69, 9.17) is 4.74 Å².